The lowest BCUT2D eigenvalue weighted by Crippen LogP contribution is -2.17. The third kappa shape index (κ3) is 6.18. The lowest BCUT2D eigenvalue weighted by Gasteiger charge is -2.08. The number of amides is 1. The van der Waals surface area contributed by atoms with Crippen LogP contribution in [0.2, 0.25) is 5.02 Å². The molecule has 4 aromatic rings. The molecule has 2 N–H and O–H groups in total. The predicted molar refractivity (Wildman–Crippen MR) is 131 cm³/mol. The Hall–Kier alpha value is -4.16. The molecule has 0 aliphatic rings. The number of carbonyl (C=O) groups excluding carboxylic acids is 1. The first-order valence-corrected chi connectivity index (χ1v) is 10.6. The van der Waals surface area contributed by atoms with Crippen molar-refractivity contribution in [3.8, 4) is 17.0 Å². The Morgan fingerprint density at radius 3 is 2.58 bits per heavy atom. The molecule has 0 aliphatic heterocycles. The first-order chi connectivity index (χ1) is 16.2. The van der Waals surface area contributed by atoms with Gasteiger partial charge >= 0.3 is 0 Å². The van der Waals surface area contributed by atoms with Crippen LogP contribution in [0.15, 0.2) is 96.1 Å². The minimum absolute atomic E-state index is 0.313. The van der Waals surface area contributed by atoms with E-state index in [1.54, 1.807) is 12.1 Å². The summed E-state index contributed by atoms with van der Waals surface area (Å²) in [5.41, 5.74) is 6.25. The monoisotopic (exact) mass is 456 g/mol. The van der Waals surface area contributed by atoms with Crippen molar-refractivity contribution in [1.82, 2.24) is 15.6 Å². The normalized spacial score (nSPS) is 11.2. The number of hydrogen-bond donors (Lipinski definition) is 2. The van der Waals surface area contributed by atoms with Gasteiger partial charge in [-0.05, 0) is 48.0 Å². The van der Waals surface area contributed by atoms with Crippen molar-refractivity contribution in [1.29, 1.82) is 0 Å². The van der Waals surface area contributed by atoms with E-state index in [1.165, 1.54) is 6.21 Å². The minimum Gasteiger partial charge on any atom is -0.489 e. The summed E-state index contributed by atoms with van der Waals surface area (Å²) in [6.07, 6.45) is 5.17. The van der Waals surface area contributed by atoms with Gasteiger partial charge in [0.2, 0.25) is 0 Å². The van der Waals surface area contributed by atoms with Crippen LogP contribution in [-0.2, 0) is 6.61 Å². The van der Waals surface area contributed by atoms with Gasteiger partial charge in [0.25, 0.3) is 5.91 Å². The summed E-state index contributed by atoms with van der Waals surface area (Å²) in [4.78, 5) is 12.3. The Balaban J connectivity index is 1.31. The number of nitrogens with one attached hydrogen (secondary N) is 2. The van der Waals surface area contributed by atoms with Gasteiger partial charge in [-0.15, -0.1) is 0 Å². The molecule has 6 nitrogen and oxygen atoms in total. The van der Waals surface area contributed by atoms with Crippen molar-refractivity contribution < 1.29 is 9.53 Å². The van der Waals surface area contributed by atoms with Crippen LogP contribution in [0.4, 0.5) is 0 Å². The van der Waals surface area contributed by atoms with E-state index in [4.69, 9.17) is 16.3 Å². The molecule has 0 fully saturated rings. The van der Waals surface area contributed by atoms with Crippen molar-refractivity contribution in [2.24, 2.45) is 5.10 Å². The number of aromatic nitrogens is 2. The molecule has 164 valence electrons. The average Bonchev–Trinajstić information content (AvgIpc) is 3.35. The second-order valence-electron chi connectivity index (χ2n) is 7.06. The molecule has 7 heteroatoms. The van der Waals surface area contributed by atoms with E-state index < -0.39 is 0 Å². The molecular formula is C26H21ClN4O2. The molecule has 33 heavy (non-hydrogen) atoms. The third-order valence-corrected chi connectivity index (χ3v) is 5.11. The summed E-state index contributed by atoms with van der Waals surface area (Å²) in [5.74, 6) is 0.336. The molecule has 0 spiro atoms. The molecule has 0 aliphatic carbocycles. The Morgan fingerprint density at radius 1 is 1.03 bits per heavy atom. The quantitative estimate of drug-likeness (QED) is 0.262. The highest BCUT2D eigenvalue weighted by Gasteiger charge is 2.10. The lowest BCUT2D eigenvalue weighted by molar-refractivity contribution is 0.0950. The number of nitrogens with zero attached hydrogens (tertiary/aromatic N) is 2. The van der Waals surface area contributed by atoms with Crippen LogP contribution in [0.3, 0.4) is 0 Å². The van der Waals surface area contributed by atoms with Gasteiger partial charge in [-0.2, -0.15) is 10.2 Å². The fraction of sp³-hybridized carbons (Fsp3) is 0.0385. The number of benzene rings is 3. The number of carbonyl (C=O) groups is 1. The Kier molecular flexibility index (Phi) is 7.30. The summed E-state index contributed by atoms with van der Waals surface area (Å²) < 4.78 is 5.80. The van der Waals surface area contributed by atoms with Gasteiger partial charge in [-0.1, -0.05) is 66.2 Å². The lowest BCUT2D eigenvalue weighted by atomic mass is 10.1. The first kappa shape index (κ1) is 22.0. The molecule has 0 bridgehead atoms. The molecule has 0 atom stereocenters. The van der Waals surface area contributed by atoms with Crippen LogP contribution in [-0.4, -0.2) is 22.3 Å². The number of ether oxygens (including phenoxy) is 1. The van der Waals surface area contributed by atoms with Crippen molar-refractivity contribution in [2.75, 3.05) is 0 Å². The summed E-state index contributed by atoms with van der Waals surface area (Å²) in [7, 11) is 0. The van der Waals surface area contributed by atoms with Gasteiger partial charge in [0.15, 0.2) is 0 Å². The highest BCUT2D eigenvalue weighted by atomic mass is 35.5. The van der Waals surface area contributed by atoms with E-state index in [-0.39, 0.29) is 5.91 Å². The van der Waals surface area contributed by atoms with Crippen molar-refractivity contribution in [2.45, 2.75) is 6.61 Å². The SMILES string of the molecule is O=C(N/N=C\C=C\c1ccccc1)c1cc(-c2ccc(OCc3ccccc3Cl)cc2)n[nH]1. The first-order valence-electron chi connectivity index (χ1n) is 10.3. The largest absolute Gasteiger partial charge is 0.489 e. The zero-order valence-electron chi connectivity index (χ0n) is 17.6. The number of aromatic amines is 1. The number of hydrogen-bond acceptors (Lipinski definition) is 4. The molecule has 1 amide bonds. The van der Waals surface area contributed by atoms with Gasteiger partial charge in [0, 0.05) is 22.4 Å². The maximum Gasteiger partial charge on any atom is 0.289 e. The molecular weight excluding hydrogens is 436 g/mol. The molecule has 1 aromatic heterocycles. The Bertz CT molecular complexity index is 1260. The van der Waals surface area contributed by atoms with Crippen LogP contribution < -0.4 is 10.2 Å². The standard InChI is InChI=1S/C26H21ClN4O2/c27-23-11-5-4-10-21(23)18-33-22-14-12-20(13-15-22)24-17-25(30-29-24)26(32)31-28-16-6-9-19-7-2-1-3-8-19/h1-17H,18H2,(H,29,30)(H,31,32)/b9-6+,28-16-. The van der Waals surface area contributed by atoms with Crippen LogP contribution in [0.25, 0.3) is 17.3 Å². The maximum absolute atomic E-state index is 12.3. The fourth-order valence-corrected chi connectivity index (χ4v) is 3.19. The van der Waals surface area contributed by atoms with Gasteiger partial charge < -0.3 is 4.74 Å². The minimum atomic E-state index is -0.377. The fourth-order valence-electron chi connectivity index (χ4n) is 3.00. The highest BCUT2D eigenvalue weighted by molar-refractivity contribution is 6.31. The number of rotatable bonds is 8. The zero-order valence-corrected chi connectivity index (χ0v) is 18.4. The molecule has 0 radical (unpaired) electrons. The van der Waals surface area contributed by atoms with E-state index in [1.807, 2.05) is 84.9 Å². The van der Waals surface area contributed by atoms with Crippen molar-refractivity contribution in [3.05, 3.63) is 113 Å². The van der Waals surface area contributed by atoms with E-state index in [0.29, 0.717) is 28.8 Å². The van der Waals surface area contributed by atoms with Gasteiger partial charge in [0.1, 0.15) is 18.1 Å². The topological polar surface area (TPSA) is 79.4 Å². The van der Waals surface area contributed by atoms with Gasteiger partial charge in [-0.3, -0.25) is 9.89 Å². The number of hydrazone groups is 1. The number of H-pyrrole nitrogens is 1. The van der Waals surface area contributed by atoms with Gasteiger partial charge in [0.05, 0.1) is 5.69 Å². The molecule has 3 aromatic carbocycles. The maximum atomic E-state index is 12.3. The van der Waals surface area contributed by atoms with E-state index in [0.717, 1.165) is 16.7 Å². The molecule has 1 heterocycles. The number of halogens is 1. The average molecular weight is 457 g/mol. The second-order valence-corrected chi connectivity index (χ2v) is 7.47. The van der Waals surface area contributed by atoms with E-state index >= 15 is 0 Å². The highest BCUT2D eigenvalue weighted by Crippen LogP contribution is 2.23. The summed E-state index contributed by atoms with van der Waals surface area (Å²) >= 11 is 6.16. The predicted octanol–water partition coefficient (Wildman–Crippen LogP) is 5.74. The summed E-state index contributed by atoms with van der Waals surface area (Å²) in [6, 6.07) is 26.5. The molecule has 0 saturated heterocycles. The van der Waals surface area contributed by atoms with Crippen molar-refractivity contribution >= 4 is 29.8 Å². The van der Waals surface area contributed by atoms with E-state index in [2.05, 4.69) is 20.7 Å². The van der Waals surface area contributed by atoms with E-state index in [9.17, 15) is 4.79 Å². The summed E-state index contributed by atoms with van der Waals surface area (Å²) in [6.45, 7) is 0.382. The van der Waals surface area contributed by atoms with Crippen LogP contribution in [0.1, 0.15) is 21.6 Å². The van der Waals surface area contributed by atoms with Crippen molar-refractivity contribution in [3.63, 3.8) is 0 Å². The molecule has 4 rings (SSSR count). The van der Waals surface area contributed by atoms with Crippen LogP contribution >= 0.6 is 11.6 Å². The third-order valence-electron chi connectivity index (χ3n) is 4.74. The number of allylic oxidation sites excluding steroid dienone is 1. The summed E-state index contributed by atoms with van der Waals surface area (Å²) in [5, 5.41) is 11.6. The zero-order chi connectivity index (χ0) is 22.9. The van der Waals surface area contributed by atoms with Crippen LogP contribution in [0, 0.1) is 0 Å². The Labute approximate surface area is 196 Å². The Morgan fingerprint density at radius 2 is 1.79 bits per heavy atom. The second kappa shape index (κ2) is 10.9. The van der Waals surface area contributed by atoms with Gasteiger partial charge in [-0.25, -0.2) is 5.43 Å². The smallest absolute Gasteiger partial charge is 0.289 e. The molecule has 0 unspecified atom stereocenters. The molecule has 0 saturated carbocycles. The van der Waals surface area contributed by atoms with Crippen LogP contribution in [0.5, 0.6) is 5.75 Å².